The number of benzene rings is 5. The number of aromatic nitrogens is 2. The summed E-state index contributed by atoms with van der Waals surface area (Å²) in [5.74, 6) is 11.3. The van der Waals surface area contributed by atoms with E-state index in [9.17, 15) is 9.59 Å². The Morgan fingerprint density at radius 2 is 1.11 bits per heavy atom. The first kappa shape index (κ1) is 41.3. The number of amides is 4. The van der Waals surface area contributed by atoms with E-state index in [-0.39, 0.29) is 24.1 Å². The van der Waals surface area contributed by atoms with E-state index in [1.54, 1.807) is 42.9 Å². The van der Waals surface area contributed by atoms with E-state index in [4.69, 9.17) is 18.6 Å². The van der Waals surface area contributed by atoms with Gasteiger partial charge in [-0.1, -0.05) is 103 Å². The van der Waals surface area contributed by atoms with Crippen LogP contribution in [-0.4, -0.2) is 43.9 Å². The number of hydrogen-bond donors (Lipinski definition) is 3. The molecule has 2 atom stereocenters. The Labute approximate surface area is 360 Å². The Morgan fingerprint density at radius 1 is 0.597 bits per heavy atom. The molecule has 7 aromatic rings. The highest BCUT2D eigenvalue weighted by molar-refractivity contribution is 5.92. The lowest BCUT2D eigenvalue weighted by Gasteiger charge is -2.22. The molecule has 11 nitrogen and oxygen atoms in total. The molecule has 2 aliphatic heterocycles. The quantitative estimate of drug-likeness (QED) is 0.121. The van der Waals surface area contributed by atoms with Crippen molar-refractivity contribution in [3.63, 3.8) is 0 Å². The monoisotopic (exact) mass is 811 g/mol. The fourth-order valence-corrected chi connectivity index (χ4v) is 6.64. The van der Waals surface area contributed by atoms with Gasteiger partial charge in [-0.05, 0) is 83.8 Å². The van der Waals surface area contributed by atoms with Crippen LogP contribution in [0.15, 0.2) is 174 Å². The molecule has 0 saturated carbocycles. The van der Waals surface area contributed by atoms with Gasteiger partial charge < -0.3 is 16.4 Å². The van der Waals surface area contributed by atoms with Crippen LogP contribution in [0.3, 0.4) is 0 Å². The lowest BCUT2D eigenvalue weighted by molar-refractivity contribution is 0.199. The van der Waals surface area contributed by atoms with Gasteiger partial charge in [0.05, 0.1) is 18.3 Å². The number of terminal acetylenes is 2. The average molecular weight is 812 g/mol. The zero-order valence-electron chi connectivity index (χ0n) is 33.5. The van der Waals surface area contributed by atoms with Crippen LogP contribution in [0, 0.1) is 36.5 Å². The van der Waals surface area contributed by atoms with Crippen LogP contribution in [-0.2, 0) is 0 Å². The van der Waals surface area contributed by atoms with Gasteiger partial charge in [0.25, 0.3) is 0 Å². The molecule has 4 amide bonds. The number of anilines is 3. The maximum absolute atomic E-state index is 12.9. The fraction of sp³-hybridized carbons (Fsp3) is 0.0784. The number of rotatable bonds is 4. The average Bonchev–Trinajstić information content (AvgIpc) is 4.11. The number of nitrogen functional groups attached to an aromatic ring is 1. The minimum atomic E-state index is -0.269. The van der Waals surface area contributed by atoms with Crippen molar-refractivity contribution in [3.05, 3.63) is 198 Å². The van der Waals surface area contributed by atoms with Crippen molar-refractivity contribution in [1.29, 1.82) is 0 Å². The van der Waals surface area contributed by atoms with E-state index in [0.717, 1.165) is 39.2 Å². The fourth-order valence-electron chi connectivity index (χ4n) is 6.64. The van der Waals surface area contributed by atoms with Gasteiger partial charge >= 0.3 is 12.1 Å². The van der Waals surface area contributed by atoms with Gasteiger partial charge in [-0.25, -0.2) is 24.6 Å². The Hall–Kier alpha value is -8.85. The van der Waals surface area contributed by atoms with Crippen LogP contribution in [0.5, 0.6) is 0 Å². The number of nitrogens with one attached hydrogen (secondary N) is 2. The number of nitrogens with zero attached hydrogens (tertiary/aromatic N) is 6. The number of nitrogens with two attached hydrogens (primary N) is 1. The van der Waals surface area contributed by atoms with Crippen molar-refractivity contribution in [2.45, 2.75) is 24.9 Å². The van der Waals surface area contributed by atoms with Crippen LogP contribution in [0.25, 0.3) is 5.65 Å². The van der Waals surface area contributed by atoms with Gasteiger partial charge in [0.2, 0.25) is 0 Å². The van der Waals surface area contributed by atoms with Gasteiger partial charge in [-0.3, -0.25) is 4.40 Å². The van der Waals surface area contributed by atoms with Crippen LogP contribution in [0.2, 0.25) is 0 Å². The molecule has 9 rings (SSSR count). The van der Waals surface area contributed by atoms with Crippen molar-refractivity contribution < 1.29 is 9.59 Å². The smallest absolute Gasteiger partial charge is 0.342 e. The summed E-state index contributed by atoms with van der Waals surface area (Å²) in [5.41, 5.74) is 13.6. The molecule has 0 bridgehead atoms. The summed E-state index contributed by atoms with van der Waals surface area (Å²) in [6.45, 7) is 0. The highest BCUT2D eigenvalue weighted by atomic mass is 16.2. The highest BCUT2D eigenvalue weighted by Gasteiger charge is 2.29. The first-order valence-corrected chi connectivity index (χ1v) is 19.7. The number of pyridine rings is 1. The summed E-state index contributed by atoms with van der Waals surface area (Å²) in [7, 11) is 0. The van der Waals surface area contributed by atoms with E-state index in [1.807, 2.05) is 138 Å². The molecule has 0 radical (unpaired) electrons. The molecule has 2 unspecified atom stereocenters. The summed E-state index contributed by atoms with van der Waals surface area (Å²) < 4.78 is 1.94. The Morgan fingerprint density at radius 3 is 1.66 bits per heavy atom. The van der Waals surface area contributed by atoms with Crippen LogP contribution in [0.4, 0.5) is 26.7 Å². The van der Waals surface area contributed by atoms with E-state index in [2.05, 4.69) is 49.5 Å². The van der Waals surface area contributed by atoms with Crippen molar-refractivity contribution in [2.24, 2.45) is 10.2 Å². The third-order valence-electron chi connectivity index (χ3n) is 9.64. The molecule has 302 valence electrons. The summed E-state index contributed by atoms with van der Waals surface area (Å²) in [5, 5.41) is 17.2. The predicted octanol–water partition coefficient (Wildman–Crippen LogP) is 9.58. The molecule has 0 aliphatic carbocycles. The summed E-state index contributed by atoms with van der Waals surface area (Å²) >= 11 is 0. The van der Waals surface area contributed by atoms with Crippen molar-refractivity contribution in [2.75, 3.05) is 16.4 Å². The highest BCUT2D eigenvalue weighted by Crippen LogP contribution is 2.30. The molecule has 5 aromatic carbocycles. The second-order valence-electron chi connectivity index (χ2n) is 13.9. The molecule has 0 spiro atoms. The lowest BCUT2D eigenvalue weighted by Crippen LogP contribution is -2.31. The first-order chi connectivity index (χ1) is 30.4. The summed E-state index contributed by atoms with van der Waals surface area (Å²) in [4.78, 5) is 29.7. The first-order valence-electron chi connectivity index (χ1n) is 19.7. The number of hydrogen-bond acceptors (Lipinski definition) is 6. The molecule has 62 heavy (non-hydrogen) atoms. The minimum Gasteiger partial charge on any atom is -0.399 e. The molecular formula is C51H41N9O2. The maximum atomic E-state index is 12.9. The van der Waals surface area contributed by atoms with Crippen molar-refractivity contribution in [1.82, 2.24) is 19.4 Å². The summed E-state index contributed by atoms with van der Waals surface area (Å²) in [6, 6.07) is 46.8. The van der Waals surface area contributed by atoms with Crippen molar-refractivity contribution >= 4 is 47.2 Å². The van der Waals surface area contributed by atoms with E-state index >= 15 is 0 Å². The lowest BCUT2D eigenvalue weighted by atomic mass is 10.1. The Balaban J connectivity index is 0.000000161. The van der Waals surface area contributed by atoms with E-state index in [0.29, 0.717) is 29.9 Å². The second kappa shape index (κ2) is 20.2. The van der Waals surface area contributed by atoms with Crippen molar-refractivity contribution in [3.8, 4) is 36.5 Å². The topological polar surface area (TPSA) is 133 Å². The standard InChI is InChI=1S/C25H19N5O.C18H15N3O.C8H7N/c31-25(30-23(14-15-27-30)20-8-2-1-3-9-20)28-21-10-6-7-19(17-21)12-13-22-18-26-24-11-4-5-16-29(22)24;1-2-14-7-6-10-16(13-14)20-18(22)21-17(11-12-19-21)15-8-4-3-5-9-15;1-2-7-4-3-5-8(9)6-7/h1-11,15-18,23H,14H2,(H,28,31);1,3-10,12-13,17H,11H2,(H,20,22);1,3-6H,9H2. The molecule has 2 aromatic heterocycles. The number of carbonyl (C=O) groups excluding carboxylic acids is 2. The van der Waals surface area contributed by atoms with Crippen LogP contribution < -0.4 is 16.4 Å². The van der Waals surface area contributed by atoms with Gasteiger partial charge in [0.1, 0.15) is 11.3 Å². The van der Waals surface area contributed by atoms with Gasteiger partial charge in [-0.2, -0.15) is 10.2 Å². The zero-order valence-corrected chi connectivity index (χ0v) is 33.5. The van der Waals surface area contributed by atoms with E-state index in [1.165, 1.54) is 10.0 Å². The molecule has 11 heteroatoms. The zero-order chi connectivity index (χ0) is 43.1. The van der Waals surface area contributed by atoms with Gasteiger partial charge in [0, 0.05) is 65.2 Å². The number of fused-ring (bicyclic) bond motifs is 1. The Bertz CT molecular complexity index is 2880. The largest absolute Gasteiger partial charge is 0.399 e. The molecule has 0 fully saturated rings. The number of imidazole rings is 1. The van der Waals surface area contributed by atoms with Gasteiger partial charge in [0.15, 0.2) is 0 Å². The normalized spacial score (nSPS) is 14.5. The third kappa shape index (κ3) is 10.6. The van der Waals surface area contributed by atoms with Crippen LogP contribution in [0.1, 0.15) is 58.4 Å². The third-order valence-corrected chi connectivity index (χ3v) is 9.64. The molecule has 4 N–H and O–H groups in total. The molecule has 2 aliphatic rings. The summed E-state index contributed by atoms with van der Waals surface area (Å²) in [6.07, 6.45) is 19.1. The van der Waals surface area contributed by atoms with Crippen LogP contribution >= 0.6 is 0 Å². The second-order valence-corrected chi connectivity index (χ2v) is 13.9. The maximum Gasteiger partial charge on any atom is 0.342 e. The predicted molar refractivity (Wildman–Crippen MR) is 247 cm³/mol. The molecule has 4 heterocycles. The molecule has 0 saturated heterocycles. The SMILES string of the molecule is C#Cc1cccc(N)c1.C#Cc1cccc(NC(=O)N2N=CCC2c2ccccc2)c1.O=C(Nc1cccc(C#Cc2cnc3ccccn23)c1)N1N=CCC1c1ccccc1. The Kier molecular flexibility index (Phi) is 13.5. The number of hydrazone groups is 2. The minimum absolute atomic E-state index is 0.0722. The van der Waals surface area contributed by atoms with E-state index < -0.39 is 0 Å². The number of carbonyl (C=O) groups is 2. The number of urea groups is 2. The van der Waals surface area contributed by atoms with Gasteiger partial charge in [-0.15, -0.1) is 12.8 Å². The molecular weight excluding hydrogens is 771 g/mol.